The number of para-hydroxylation sites is 2. The normalized spacial score (nSPS) is 12.3. The van der Waals surface area contributed by atoms with Gasteiger partial charge in [-0.2, -0.15) is 0 Å². The van der Waals surface area contributed by atoms with Crippen LogP contribution in [0.1, 0.15) is 25.0 Å². The number of benzene rings is 22. The van der Waals surface area contributed by atoms with Crippen molar-refractivity contribution in [1.29, 1.82) is 0 Å². The lowest BCUT2D eigenvalue weighted by Gasteiger charge is -2.21. The molecule has 0 saturated heterocycles. The summed E-state index contributed by atoms with van der Waals surface area (Å²) in [6, 6.07) is 152. The maximum atomic E-state index is 6.44. The Morgan fingerprint density at radius 1 is 0.167 bits per heavy atom. The van der Waals surface area contributed by atoms with Gasteiger partial charge in [-0.25, -0.2) is 39.9 Å². The van der Waals surface area contributed by atoms with Gasteiger partial charge in [0, 0.05) is 98.4 Å². The second-order valence-corrected chi connectivity index (χ2v) is 36.2. The highest BCUT2D eigenvalue weighted by atomic mass is 16.3. The minimum Gasteiger partial charge on any atom is -0.456 e. The number of aromatic nitrogens is 8. The van der Waals surface area contributed by atoms with Gasteiger partial charge in [-0.1, -0.05) is 354 Å². The molecule has 11 heteroatoms. The van der Waals surface area contributed by atoms with Crippen LogP contribution < -0.4 is 0 Å². The van der Waals surface area contributed by atoms with Crippen LogP contribution in [0, 0.1) is 0 Å². The third-order valence-corrected chi connectivity index (χ3v) is 27.8. The number of nitrogens with zero attached hydrogens (tertiary/aromatic N) is 8. The number of rotatable bonds is 9. The van der Waals surface area contributed by atoms with Gasteiger partial charge in [0.25, 0.3) is 0 Å². The van der Waals surface area contributed by atoms with Crippen molar-refractivity contribution in [3.05, 3.63) is 448 Å². The van der Waals surface area contributed by atoms with Crippen LogP contribution in [0.3, 0.4) is 0 Å². The summed E-state index contributed by atoms with van der Waals surface area (Å²) in [6.45, 7) is 4.60. The van der Waals surface area contributed by atoms with Crippen molar-refractivity contribution in [3.63, 3.8) is 0 Å². The Labute approximate surface area is 791 Å². The summed E-state index contributed by atoms with van der Waals surface area (Å²) < 4.78 is 19.3. The van der Waals surface area contributed by atoms with Gasteiger partial charge in [0.2, 0.25) is 0 Å². The predicted octanol–water partition coefficient (Wildman–Crippen LogP) is 33.6. The fourth-order valence-corrected chi connectivity index (χ4v) is 21.2. The van der Waals surface area contributed by atoms with Crippen LogP contribution in [0.5, 0.6) is 0 Å². The van der Waals surface area contributed by atoms with E-state index in [1.54, 1.807) is 0 Å². The van der Waals surface area contributed by atoms with E-state index in [2.05, 4.69) is 341 Å². The molecule has 6 heterocycles. The lowest BCUT2D eigenvalue weighted by Crippen LogP contribution is -2.15. The van der Waals surface area contributed by atoms with Gasteiger partial charge in [-0.3, -0.25) is 0 Å². The Morgan fingerprint density at radius 3 is 0.978 bits per heavy atom. The molecule has 644 valence electrons. The molecule has 0 amide bonds. The Morgan fingerprint density at radius 2 is 0.478 bits per heavy atom. The van der Waals surface area contributed by atoms with E-state index in [-0.39, 0.29) is 5.41 Å². The van der Waals surface area contributed by atoms with Crippen LogP contribution in [0.4, 0.5) is 0 Å². The molecule has 28 aromatic rings. The lowest BCUT2D eigenvalue weighted by molar-refractivity contribution is 0.660. The summed E-state index contributed by atoms with van der Waals surface area (Å²) in [4.78, 5) is 40.6. The molecule has 0 saturated carbocycles. The van der Waals surface area contributed by atoms with Crippen molar-refractivity contribution in [2.45, 2.75) is 19.3 Å². The summed E-state index contributed by atoms with van der Waals surface area (Å²) in [5.74, 6) is 3.87. The zero-order valence-electron chi connectivity index (χ0n) is 74.9. The first-order chi connectivity index (χ1) is 68.1. The van der Waals surface area contributed by atoms with E-state index < -0.39 is 0 Å². The molecule has 0 atom stereocenters. The summed E-state index contributed by atoms with van der Waals surface area (Å²) in [5, 5.41) is 25.8. The summed E-state index contributed by atoms with van der Waals surface area (Å²) in [5.41, 5.74) is 23.8. The van der Waals surface area contributed by atoms with Crippen molar-refractivity contribution < 1.29 is 13.3 Å². The van der Waals surface area contributed by atoms with E-state index in [0.717, 1.165) is 155 Å². The topological polar surface area (TPSA) is 143 Å². The fourth-order valence-electron chi connectivity index (χ4n) is 21.2. The summed E-state index contributed by atoms with van der Waals surface area (Å²) in [7, 11) is 0. The van der Waals surface area contributed by atoms with E-state index in [4.69, 9.17) is 53.1 Å². The minimum atomic E-state index is -0.125. The summed E-state index contributed by atoms with van der Waals surface area (Å²) >= 11 is 0. The van der Waals surface area contributed by atoms with E-state index in [1.165, 1.54) is 97.7 Å². The maximum Gasteiger partial charge on any atom is 0.164 e. The zero-order chi connectivity index (χ0) is 91.2. The smallest absolute Gasteiger partial charge is 0.164 e. The molecular weight excluding hydrogens is 1690 g/mol. The first-order valence-electron chi connectivity index (χ1n) is 46.6. The molecule has 11 nitrogen and oxygen atoms in total. The van der Waals surface area contributed by atoms with Crippen molar-refractivity contribution in [2.75, 3.05) is 0 Å². The molecule has 0 aliphatic heterocycles. The number of furan rings is 3. The fraction of sp³-hybridized carbons (Fsp3) is 0.0236. The van der Waals surface area contributed by atoms with E-state index in [1.807, 2.05) is 109 Å². The molecule has 0 fully saturated rings. The van der Waals surface area contributed by atoms with Crippen molar-refractivity contribution in [1.82, 2.24) is 39.9 Å². The van der Waals surface area contributed by atoms with Crippen LogP contribution in [-0.4, -0.2) is 39.9 Å². The number of hydrogen-bond donors (Lipinski definition) is 0. The first kappa shape index (κ1) is 79.4. The molecule has 1 aliphatic carbocycles. The van der Waals surface area contributed by atoms with Gasteiger partial charge in [0.1, 0.15) is 33.5 Å². The molecule has 138 heavy (non-hydrogen) atoms. The number of fused-ring (bicyclic) bond motifs is 27. The van der Waals surface area contributed by atoms with E-state index in [9.17, 15) is 0 Å². The first-order valence-corrected chi connectivity index (χ1v) is 46.6. The second-order valence-electron chi connectivity index (χ2n) is 36.2. The van der Waals surface area contributed by atoms with Crippen molar-refractivity contribution in [2.24, 2.45) is 0 Å². The molecule has 29 rings (SSSR count). The average molecular weight is 1760 g/mol. The monoisotopic (exact) mass is 1760 g/mol. The van der Waals surface area contributed by atoms with Crippen LogP contribution in [0.25, 0.3) is 276 Å². The van der Waals surface area contributed by atoms with Gasteiger partial charge < -0.3 is 13.3 Å². The van der Waals surface area contributed by atoms with Gasteiger partial charge in [0.05, 0.1) is 22.4 Å². The van der Waals surface area contributed by atoms with Gasteiger partial charge in [0.15, 0.2) is 34.9 Å². The highest BCUT2D eigenvalue weighted by molar-refractivity contribution is 6.30. The minimum absolute atomic E-state index is 0.125. The highest BCUT2D eigenvalue weighted by Gasteiger charge is 2.36. The summed E-state index contributed by atoms with van der Waals surface area (Å²) in [6.07, 6.45) is 0. The second kappa shape index (κ2) is 32.0. The standard InChI is InChI=1S/C45H27N3O.C44H29N3O.C38H22N2O/c1-3-12-30(13-4-1)43-46-44(31-14-5-2-6-15-31)48-45(47-43)37-24-23-33(35-17-9-10-18-36(35)37)32-22-25-39-38(27-32)42-40(49-39)26-21-29-20-19-28-11-7-8-16-34(28)41(29)42;1-44(2)35-15-9-8-14-32(35)33-21-18-30(25-36(33)44)43-46-41(28-11-4-3-5-12-28)45-42(47-43)29-20-22-37-34(24-29)40-38(48-37)23-19-27-17-16-26-10-6-7-13-31(26)39(27)40;1-2-9-26-21-27(16-13-23(26)7-1)37-38(40-32-12-6-5-11-31(32)39-37)28-18-19-33-30(22-28)36-34(41-33)20-17-25-15-14-24-8-3-4-10-29(24)35(25)36/h1-27H;3-25H,1-2H3;1-22H. The quantitative estimate of drug-likeness (QED) is 0.127. The Hall–Kier alpha value is -18.3. The molecule has 22 aromatic carbocycles. The molecule has 0 bridgehead atoms. The third-order valence-electron chi connectivity index (χ3n) is 27.8. The Kier molecular flexibility index (Phi) is 18.4. The van der Waals surface area contributed by atoms with Crippen molar-refractivity contribution >= 4 is 163 Å². The molecule has 0 radical (unpaired) electrons. The van der Waals surface area contributed by atoms with E-state index in [0.29, 0.717) is 34.9 Å². The SMILES string of the molecule is CC1(C)c2ccccc2-c2ccc(-c3nc(-c4ccccc4)nc(-c4ccc5oc6ccc7ccc8ccccc8c7c6c5c4)n3)cc21.c1ccc(-c2nc(-c3ccccc3)nc(-c3ccc(-c4ccc5oc6ccc7ccc8ccccc8c7c6c5c4)c4ccccc34)n2)cc1.c1ccc2cc(-c3nc4ccccc4nc3-c3ccc4oc5ccc6ccc7ccccc7c6c5c4c3)ccc2c1. The number of hydrogen-bond acceptors (Lipinski definition) is 11. The third kappa shape index (κ3) is 13.3. The van der Waals surface area contributed by atoms with Crippen molar-refractivity contribution in [3.8, 4) is 113 Å². The van der Waals surface area contributed by atoms with Crippen LogP contribution in [0.15, 0.2) is 450 Å². The van der Waals surface area contributed by atoms with Gasteiger partial charge in [-0.15, -0.1) is 0 Å². The van der Waals surface area contributed by atoms with Gasteiger partial charge >= 0.3 is 0 Å². The van der Waals surface area contributed by atoms with Gasteiger partial charge in [-0.05, 0) is 200 Å². The molecule has 6 aromatic heterocycles. The van der Waals surface area contributed by atoms with Crippen LogP contribution in [-0.2, 0) is 5.41 Å². The zero-order valence-corrected chi connectivity index (χ0v) is 74.9. The molecule has 0 spiro atoms. The predicted molar refractivity (Wildman–Crippen MR) is 568 cm³/mol. The van der Waals surface area contributed by atoms with Crippen LogP contribution >= 0.6 is 0 Å². The Balaban J connectivity index is 0.000000105. The molecule has 0 N–H and O–H groups in total. The van der Waals surface area contributed by atoms with E-state index >= 15 is 0 Å². The largest absolute Gasteiger partial charge is 0.456 e. The van der Waals surface area contributed by atoms with Crippen LogP contribution in [0.2, 0.25) is 0 Å². The molecule has 0 unspecified atom stereocenters. The lowest BCUT2D eigenvalue weighted by atomic mass is 9.82. The Bertz CT molecular complexity index is 9860. The molecular formula is C127H78N8O3. The maximum absolute atomic E-state index is 6.44. The average Bonchev–Trinajstić information content (AvgIpc) is 1.63. The molecule has 1 aliphatic rings. The highest BCUT2D eigenvalue weighted by Crippen LogP contribution is 2.52.